The van der Waals surface area contributed by atoms with Crippen LogP contribution in [0.2, 0.25) is 0 Å². The fourth-order valence-electron chi connectivity index (χ4n) is 3.75. The zero-order chi connectivity index (χ0) is 17.2. The van der Waals surface area contributed by atoms with Gasteiger partial charge in [-0.05, 0) is 17.5 Å². The molecular formula is C19H24N4O2. The summed E-state index contributed by atoms with van der Waals surface area (Å²) in [6.07, 6.45) is 5.02. The summed E-state index contributed by atoms with van der Waals surface area (Å²) in [6.45, 7) is 3.80. The molecule has 1 atom stereocenters. The van der Waals surface area contributed by atoms with Gasteiger partial charge in [-0.25, -0.2) is 4.98 Å². The lowest BCUT2D eigenvalue weighted by molar-refractivity contribution is -0.135. The lowest BCUT2D eigenvalue weighted by Gasteiger charge is -2.36. The Labute approximate surface area is 148 Å². The van der Waals surface area contributed by atoms with E-state index in [4.69, 9.17) is 4.74 Å². The average molecular weight is 340 g/mol. The molecule has 1 aromatic carbocycles. The van der Waals surface area contributed by atoms with Crippen LogP contribution in [0.4, 0.5) is 5.95 Å². The first kappa shape index (κ1) is 16.1. The van der Waals surface area contributed by atoms with E-state index in [2.05, 4.69) is 28.1 Å². The molecule has 0 bridgehead atoms. The summed E-state index contributed by atoms with van der Waals surface area (Å²) in [4.78, 5) is 21.3. The van der Waals surface area contributed by atoms with Gasteiger partial charge in [0.2, 0.25) is 11.9 Å². The van der Waals surface area contributed by atoms with E-state index in [1.807, 2.05) is 35.0 Å². The quantitative estimate of drug-likeness (QED) is 0.855. The molecule has 2 aromatic rings. The lowest BCUT2D eigenvalue weighted by atomic mass is 9.95. The number of benzene rings is 1. The number of carbonyl (C=O) groups is 1. The van der Waals surface area contributed by atoms with Crippen molar-refractivity contribution >= 4 is 11.9 Å². The SMILES string of the molecule is Cn1ccnc1N1CCN(C(=O)C[C@H]2OCCc3ccccc32)CC1. The van der Waals surface area contributed by atoms with Gasteiger partial charge in [0.15, 0.2) is 0 Å². The third kappa shape index (κ3) is 3.26. The van der Waals surface area contributed by atoms with Crippen molar-refractivity contribution in [3.05, 3.63) is 47.8 Å². The summed E-state index contributed by atoms with van der Waals surface area (Å²) in [6, 6.07) is 8.31. The molecule has 3 heterocycles. The van der Waals surface area contributed by atoms with Crippen molar-refractivity contribution in [1.29, 1.82) is 0 Å². The monoisotopic (exact) mass is 340 g/mol. The van der Waals surface area contributed by atoms with Gasteiger partial charge in [-0.3, -0.25) is 4.79 Å². The second kappa shape index (κ2) is 6.88. The first-order valence-corrected chi connectivity index (χ1v) is 8.92. The molecule has 0 aliphatic carbocycles. The topological polar surface area (TPSA) is 50.6 Å². The fraction of sp³-hybridized carbons (Fsp3) is 0.474. The number of rotatable bonds is 3. The van der Waals surface area contributed by atoms with E-state index < -0.39 is 0 Å². The summed E-state index contributed by atoms with van der Waals surface area (Å²) >= 11 is 0. The maximum Gasteiger partial charge on any atom is 0.225 e. The summed E-state index contributed by atoms with van der Waals surface area (Å²) in [5, 5.41) is 0. The van der Waals surface area contributed by atoms with Crippen molar-refractivity contribution in [2.24, 2.45) is 7.05 Å². The highest BCUT2D eigenvalue weighted by Gasteiger charge is 2.28. The van der Waals surface area contributed by atoms with Crippen molar-refractivity contribution in [3.63, 3.8) is 0 Å². The van der Waals surface area contributed by atoms with Gasteiger partial charge in [0.25, 0.3) is 0 Å². The number of piperazine rings is 1. The Hall–Kier alpha value is -2.34. The Balaban J connectivity index is 1.36. The van der Waals surface area contributed by atoms with E-state index in [9.17, 15) is 4.79 Å². The third-order valence-electron chi connectivity index (χ3n) is 5.16. The first-order valence-electron chi connectivity index (χ1n) is 8.92. The predicted octanol–water partition coefficient (Wildman–Crippen LogP) is 1.77. The molecule has 0 saturated carbocycles. The maximum absolute atomic E-state index is 12.7. The third-order valence-corrected chi connectivity index (χ3v) is 5.16. The molecule has 6 heteroatoms. The van der Waals surface area contributed by atoms with Crippen LogP contribution in [0, 0.1) is 0 Å². The molecule has 25 heavy (non-hydrogen) atoms. The van der Waals surface area contributed by atoms with Crippen LogP contribution in [0.25, 0.3) is 0 Å². The Bertz CT molecular complexity index is 749. The summed E-state index contributed by atoms with van der Waals surface area (Å²) in [5.41, 5.74) is 2.49. The molecular weight excluding hydrogens is 316 g/mol. The predicted molar refractivity (Wildman–Crippen MR) is 95.5 cm³/mol. The zero-order valence-electron chi connectivity index (χ0n) is 14.6. The van der Waals surface area contributed by atoms with Crippen molar-refractivity contribution in [2.75, 3.05) is 37.7 Å². The fourth-order valence-corrected chi connectivity index (χ4v) is 3.75. The van der Waals surface area contributed by atoms with Crippen LogP contribution in [0.5, 0.6) is 0 Å². The van der Waals surface area contributed by atoms with Crippen LogP contribution in [0.1, 0.15) is 23.7 Å². The number of imidazole rings is 1. The second-order valence-corrected chi connectivity index (χ2v) is 6.72. The van der Waals surface area contributed by atoms with Gasteiger partial charge in [-0.15, -0.1) is 0 Å². The largest absolute Gasteiger partial charge is 0.373 e. The summed E-state index contributed by atoms with van der Waals surface area (Å²) < 4.78 is 7.91. The molecule has 0 spiro atoms. The molecule has 2 aliphatic heterocycles. The molecule has 0 N–H and O–H groups in total. The van der Waals surface area contributed by atoms with Crippen molar-refractivity contribution < 1.29 is 9.53 Å². The highest BCUT2D eigenvalue weighted by Crippen LogP contribution is 2.30. The van der Waals surface area contributed by atoms with Gasteiger partial charge < -0.3 is 19.1 Å². The number of nitrogens with zero attached hydrogens (tertiary/aromatic N) is 4. The standard InChI is InChI=1S/C19H24N4O2/c1-21-8-7-20-19(21)23-11-9-22(10-12-23)18(24)14-17-16-5-3-2-4-15(16)6-13-25-17/h2-5,7-8,17H,6,9-14H2,1H3/t17-/m1/s1. The highest BCUT2D eigenvalue weighted by atomic mass is 16.5. The molecule has 132 valence electrons. The van der Waals surface area contributed by atoms with Crippen LogP contribution in [-0.4, -0.2) is 53.1 Å². The Kier molecular flexibility index (Phi) is 4.44. The molecule has 4 rings (SSSR count). The van der Waals surface area contributed by atoms with Crippen LogP contribution in [-0.2, 0) is 23.0 Å². The van der Waals surface area contributed by atoms with E-state index in [1.54, 1.807) is 0 Å². The molecule has 1 saturated heterocycles. The van der Waals surface area contributed by atoms with E-state index in [0.29, 0.717) is 13.0 Å². The number of aryl methyl sites for hydroxylation is 1. The number of hydrogen-bond donors (Lipinski definition) is 0. The van der Waals surface area contributed by atoms with E-state index in [-0.39, 0.29) is 12.0 Å². The minimum Gasteiger partial charge on any atom is -0.373 e. The van der Waals surface area contributed by atoms with E-state index in [1.165, 1.54) is 11.1 Å². The number of ether oxygens (including phenoxy) is 1. The molecule has 1 amide bonds. The van der Waals surface area contributed by atoms with Gasteiger partial charge in [-0.1, -0.05) is 24.3 Å². The van der Waals surface area contributed by atoms with Crippen molar-refractivity contribution in [1.82, 2.24) is 14.5 Å². The normalized spacial score (nSPS) is 20.4. The Morgan fingerprint density at radius 2 is 2.04 bits per heavy atom. The molecule has 1 fully saturated rings. The van der Waals surface area contributed by atoms with Gasteiger partial charge >= 0.3 is 0 Å². The number of amides is 1. The Morgan fingerprint density at radius 1 is 1.24 bits per heavy atom. The van der Waals surface area contributed by atoms with Crippen LogP contribution in [0.15, 0.2) is 36.7 Å². The molecule has 1 aromatic heterocycles. The lowest BCUT2D eigenvalue weighted by Crippen LogP contribution is -2.49. The number of fused-ring (bicyclic) bond motifs is 1. The smallest absolute Gasteiger partial charge is 0.225 e. The minimum atomic E-state index is -0.106. The molecule has 6 nitrogen and oxygen atoms in total. The number of anilines is 1. The number of aromatic nitrogens is 2. The van der Waals surface area contributed by atoms with Crippen LogP contribution >= 0.6 is 0 Å². The minimum absolute atomic E-state index is 0.106. The molecule has 0 radical (unpaired) electrons. The molecule has 2 aliphatic rings. The van der Waals surface area contributed by atoms with Crippen LogP contribution < -0.4 is 4.90 Å². The summed E-state index contributed by atoms with van der Waals surface area (Å²) in [7, 11) is 2.00. The van der Waals surface area contributed by atoms with Gasteiger partial charge in [-0.2, -0.15) is 0 Å². The van der Waals surface area contributed by atoms with Gasteiger partial charge in [0.1, 0.15) is 0 Å². The maximum atomic E-state index is 12.7. The van der Waals surface area contributed by atoms with Gasteiger partial charge in [0, 0.05) is 45.6 Å². The van der Waals surface area contributed by atoms with Crippen molar-refractivity contribution in [3.8, 4) is 0 Å². The Morgan fingerprint density at radius 3 is 2.80 bits per heavy atom. The average Bonchev–Trinajstić information content (AvgIpc) is 3.08. The second-order valence-electron chi connectivity index (χ2n) is 6.72. The van der Waals surface area contributed by atoms with E-state index >= 15 is 0 Å². The summed E-state index contributed by atoms with van der Waals surface area (Å²) in [5.74, 6) is 1.15. The highest BCUT2D eigenvalue weighted by molar-refractivity contribution is 5.77. The van der Waals surface area contributed by atoms with E-state index in [0.717, 1.165) is 38.5 Å². The van der Waals surface area contributed by atoms with Gasteiger partial charge in [0.05, 0.1) is 19.1 Å². The van der Waals surface area contributed by atoms with Crippen molar-refractivity contribution in [2.45, 2.75) is 18.9 Å². The van der Waals surface area contributed by atoms with Crippen LogP contribution in [0.3, 0.4) is 0 Å². The number of carbonyl (C=O) groups excluding carboxylic acids is 1. The number of hydrogen-bond acceptors (Lipinski definition) is 4. The first-order chi connectivity index (χ1) is 12.2. The molecule has 0 unspecified atom stereocenters. The zero-order valence-corrected chi connectivity index (χ0v) is 14.6.